The quantitative estimate of drug-likeness (QED) is 0.518. The molecule has 1 unspecified atom stereocenters. The highest BCUT2D eigenvalue weighted by Gasteiger charge is 2.31. The number of carbonyl (C=O) groups is 2. The van der Waals surface area contributed by atoms with Crippen LogP contribution in [0.25, 0.3) is 0 Å². The van der Waals surface area contributed by atoms with Gasteiger partial charge >= 0.3 is 0 Å². The number of benzene rings is 1. The molecule has 1 fully saturated rings. The van der Waals surface area contributed by atoms with E-state index in [2.05, 4.69) is 16.9 Å². The zero-order valence-electron chi connectivity index (χ0n) is 13.5. The fraction of sp³-hybridized carbons (Fsp3) is 0.211. The normalized spacial score (nSPS) is 15.8. The van der Waals surface area contributed by atoms with Crippen molar-refractivity contribution in [1.29, 1.82) is 0 Å². The molecule has 0 radical (unpaired) electrons. The summed E-state index contributed by atoms with van der Waals surface area (Å²) in [5.74, 6) is -1.28. The largest absolute Gasteiger partial charge is 0.329 e. The van der Waals surface area contributed by atoms with E-state index in [-0.39, 0.29) is 37.6 Å². The van der Waals surface area contributed by atoms with Gasteiger partial charge in [0.25, 0.3) is 5.69 Å². The standard InChI is InChI=1S/C13H12N2O4.C5H5N.CH4/c1-8-6-12(16)11(13(17)14-8)7-9-2-4-10(5-3-9)15(18)19;1-2-4-6-5-3-1;/h2-5,11H,1,6-7H2,(H,14,17);1-5H;1H4/p+1. The number of ketones is 1. The van der Waals surface area contributed by atoms with E-state index in [0.717, 1.165) is 0 Å². The van der Waals surface area contributed by atoms with Crippen LogP contribution in [0.5, 0.6) is 0 Å². The molecule has 26 heavy (non-hydrogen) atoms. The Hall–Kier alpha value is -3.35. The van der Waals surface area contributed by atoms with Gasteiger partial charge in [-0.15, -0.1) is 0 Å². The molecular weight excluding hydrogens is 334 g/mol. The molecule has 2 heterocycles. The molecule has 2 aromatic rings. The number of piperidine rings is 1. The zero-order valence-corrected chi connectivity index (χ0v) is 13.5. The van der Waals surface area contributed by atoms with Crippen LogP contribution in [-0.4, -0.2) is 16.6 Å². The Kier molecular flexibility index (Phi) is 7.82. The third-order valence-electron chi connectivity index (χ3n) is 3.59. The monoisotopic (exact) mass is 356 g/mol. The molecule has 0 aliphatic carbocycles. The number of hydrogen-bond acceptors (Lipinski definition) is 4. The number of aromatic nitrogens is 1. The second-order valence-corrected chi connectivity index (χ2v) is 5.49. The minimum absolute atomic E-state index is 0. The van der Waals surface area contributed by atoms with E-state index in [0.29, 0.717) is 11.3 Å². The second kappa shape index (κ2) is 9.83. The fourth-order valence-corrected chi connectivity index (χ4v) is 2.32. The predicted molar refractivity (Wildman–Crippen MR) is 96.9 cm³/mol. The highest BCUT2D eigenvalue weighted by Crippen LogP contribution is 2.20. The molecule has 1 aliphatic heterocycles. The van der Waals surface area contributed by atoms with Gasteiger partial charge < -0.3 is 5.32 Å². The van der Waals surface area contributed by atoms with Crippen LogP contribution in [0.4, 0.5) is 5.69 Å². The number of nitrogens with one attached hydrogen (secondary N) is 2. The number of hydrogen-bond donors (Lipinski definition) is 1. The van der Waals surface area contributed by atoms with E-state index in [4.69, 9.17) is 0 Å². The average molecular weight is 356 g/mol. The fourth-order valence-electron chi connectivity index (χ4n) is 2.32. The van der Waals surface area contributed by atoms with Gasteiger partial charge in [-0.3, -0.25) is 19.7 Å². The smallest absolute Gasteiger partial charge is 0.269 e. The number of carbonyl (C=O) groups excluding carboxylic acids is 2. The molecule has 1 saturated heterocycles. The number of pyridine rings is 1. The molecule has 1 aromatic heterocycles. The van der Waals surface area contributed by atoms with Crippen LogP contribution in [0, 0.1) is 16.0 Å². The van der Waals surface area contributed by atoms with Gasteiger partial charge in [-0.2, -0.15) is 0 Å². The summed E-state index contributed by atoms with van der Waals surface area (Å²) < 4.78 is 0. The number of H-pyrrole nitrogens is 1. The highest BCUT2D eigenvalue weighted by molar-refractivity contribution is 6.05. The second-order valence-electron chi connectivity index (χ2n) is 5.49. The van der Waals surface area contributed by atoms with Crippen LogP contribution in [0.3, 0.4) is 0 Å². The van der Waals surface area contributed by atoms with Crippen molar-refractivity contribution in [2.24, 2.45) is 5.92 Å². The number of nitro benzene ring substituents is 1. The van der Waals surface area contributed by atoms with Crippen LogP contribution in [0.1, 0.15) is 19.4 Å². The molecule has 0 spiro atoms. The SMILES string of the molecule is C.C=C1CC(=O)C(Cc2ccc([N+](=O)[O-])cc2)C(=O)N1.c1cc[nH+]cc1. The maximum atomic E-state index is 11.8. The lowest BCUT2D eigenvalue weighted by Crippen LogP contribution is -2.41. The van der Waals surface area contributed by atoms with Crippen molar-refractivity contribution in [3.8, 4) is 0 Å². The molecule has 1 aliphatic rings. The predicted octanol–water partition coefficient (Wildman–Crippen LogP) is 2.49. The maximum absolute atomic E-state index is 11.8. The van der Waals surface area contributed by atoms with Crippen molar-refractivity contribution < 1.29 is 19.5 Å². The van der Waals surface area contributed by atoms with Gasteiger partial charge in [0, 0.05) is 36.4 Å². The summed E-state index contributed by atoms with van der Waals surface area (Å²) in [7, 11) is 0. The summed E-state index contributed by atoms with van der Waals surface area (Å²) >= 11 is 0. The first-order chi connectivity index (χ1) is 12.0. The van der Waals surface area contributed by atoms with Gasteiger partial charge in [0.2, 0.25) is 5.91 Å². The molecule has 7 heteroatoms. The third-order valence-corrected chi connectivity index (χ3v) is 3.59. The van der Waals surface area contributed by atoms with E-state index in [1.54, 1.807) is 12.1 Å². The van der Waals surface area contributed by atoms with Gasteiger partial charge in [-0.1, -0.05) is 32.2 Å². The molecule has 1 amide bonds. The molecule has 2 N–H and O–H groups in total. The first-order valence-corrected chi connectivity index (χ1v) is 7.63. The lowest BCUT2D eigenvalue weighted by molar-refractivity contribution is -0.384. The van der Waals surface area contributed by atoms with Crippen molar-refractivity contribution in [3.05, 3.63) is 82.8 Å². The van der Waals surface area contributed by atoms with E-state index in [1.807, 2.05) is 30.6 Å². The summed E-state index contributed by atoms with van der Waals surface area (Å²) in [6.45, 7) is 3.56. The van der Waals surface area contributed by atoms with Crippen LogP contribution < -0.4 is 10.3 Å². The molecule has 1 aromatic carbocycles. The minimum Gasteiger partial charge on any atom is -0.329 e. The summed E-state index contributed by atoms with van der Waals surface area (Å²) in [5.41, 5.74) is 1.11. The molecule has 7 nitrogen and oxygen atoms in total. The van der Waals surface area contributed by atoms with Crippen LogP contribution in [0.15, 0.2) is 67.1 Å². The van der Waals surface area contributed by atoms with E-state index < -0.39 is 10.8 Å². The number of allylic oxidation sites excluding steroid dienone is 1. The van der Waals surface area contributed by atoms with Crippen molar-refractivity contribution in [2.45, 2.75) is 20.3 Å². The number of aromatic amines is 1. The number of nitro groups is 1. The first kappa shape index (κ1) is 20.7. The summed E-state index contributed by atoms with van der Waals surface area (Å²) in [5, 5.41) is 13.1. The van der Waals surface area contributed by atoms with Crippen molar-refractivity contribution >= 4 is 17.4 Å². The first-order valence-electron chi connectivity index (χ1n) is 7.63. The summed E-state index contributed by atoms with van der Waals surface area (Å²) in [6, 6.07) is 11.7. The molecule has 136 valence electrons. The maximum Gasteiger partial charge on any atom is 0.269 e. The molecular formula is C19H22N3O4+. The van der Waals surface area contributed by atoms with Gasteiger partial charge in [0.05, 0.1) is 4.92 Å². The number of non-ortho nitro benzene ring substituents is 1. The van der Waals surface area contributed by atoms with Crippen LogP contribution in [-0.2, 0) is 16.0 Å². The number of amides is 1. The Balaban J connectivity index is 0.000000410. The van der Waals surface area contributed by atoms with Gasteiger partial charge in [-0.25, -0.2) is 4.98 Å². The van der Waals surface area contributed by atoms with Crippen LogP contribution in [0.2, 0.25) is 0 Å². The van der Waals surface area contributed by atoms with Gasteiger partial charge in [0.1, 0.15) is 5.92 Å². The number of rotatable bonds is 3. The number of Topliss-reactive ketones (excluding diaryl/α,β-unsaturated/α-hetero) is 1. The van der Waals surface area contributed by atoms with Crippen molar-refractivity contribution in [1.82, 2.24) is 5.32 Å². The topological polar surface area (TPSA) is 103 Å². The van der Waals surface area contributed by atoms with Gasteiger partial charge in [-0.05, 0) is 12.0 Å². The summed E-state index contributed by atoms with van der Waals surface area (Å²) in [4.78, 5) is 36.4. The Bertz CT molecular complexity index is 726. The van der Waals surface area contributed by atoms with E-state index >= 15 is 0 Å². The van der Waals surface area contributed by atoms with Crippen molar-refractivity contribution in [2.75, 3.05) is 0 Å². The number of nitrogens with zero attached hydrogens (tertiary/aromatic N) is 1. The van der Waals surface area contributed by atoms with Gasteiger partial charge in [0.15, 0.2) is 18.2 Å². The lowest BCUT2D eigenvalue weighted by atomic mass is 9.89. The molecule has 0 saturated carbocycles. The van der Waals surface area contributed by atoms with Crippen molar-refractivity contribution in [3.63, 3.8) is 0 Å². The Labute approximate surface area is 151 Å². The third kappa shape index (κ3) is 5.94. The summed E-state index contributed by atoms with van der Waals surface area (Å²) in [6.07, 6.45) is 4.14. The minimum atomic E-state index is -0.744. The molecule has 0 bridgehead atoms. The highest BCUT2D eigenvalue weighted by atomic mass is 16.6. The lowest BCUT2D eigenvalue weighted by Gasteiger charge is -2.22. The zero-order chi connectivity index (χ0) is 18.2. The Morgan fingerprint density at radius 1 is 1.15 bits per heavy atom. The average Bonchev–Trinajstić information content (AvgIpc) is 2.60. The molecule has 1 atom stereocenters. The van der Waals surface area contributed by atoms with E-state index in [9.17, 15) is 19.7 Å². The van der Waals surface area contributed by atoms with E-state index in [1.165, 1.54) is 12.1 Å². The van der Waals surface area contributed by atoms with Crippen LogP contribution >= 0.6 is 0 Å². The Morgan fingerprint density at radius 2 is 1.77 bits per heavy atom. The molecule has 3 rings (SSSR count). The Morgan fingerprint density at radius 3 is 2.19 bits per heavy atom.